The van der Waals surface area contributed by atoms with Crippen molar-refractivity contribution in [2.45, 2.75) is 20.0 Å². The van der Waals surface area contributed by atoms with E-state index in [0.717, 1.165) is 45.3 Å². The van der Waals surface area contributed by atoms with E-state index in [2.05, 4.69) is 22.0 Å². The zero-order valence-corrected chi connectivity index (χ0v) is 20.0. The molecule has 6 rings (SSSR count). The molecule has 0 atom stereocenters. The van der Waals surface area contributed by atoms with Gasteiger partial charge < -0.3 is 9.89 Å². The summed E-state index contributed by atoms with van der Waals surface area (Å²) in [5, 5.41) is 9.16. The van der Waals surface area contributed by atoms with Crippen LogP contribution in [0.2, 0.25) is 5.02 Å². The van der Waals surface area contributed by atoms with E-state index in [1.54, 1.807) is 6.07 Å². The van der Waals surface area contributed by atoms with Crippen LogP contribution in [0.5, 0.6) is 0 Å². The van der Waals surface area contributed by atoms with Gasteiger partial charge in [-0.15, -0.1) is 10.2 Å². The number of aromatic nitrogens is 4. The summed E-state index contributed by atoms with van der Waals surface area (Å²) in [6.07, 6.45) is 0. The third-order valence-corrected chi connectivity index (χ3v) is 6.27. The molecule has 3 aromatic carbocycles. The van der Waals surface area contributed by atoms with Crippen LogP contribution in [0.3, 0.4) is 0 Å². The van der Waals surface area contributed by atoms with Crippen molar-refractivity contribution in [3.05, 3.63) is 111 Å². The van der Waals surface area contributed by atoms with Gasteiger partial charge in [0, 0.05) is 21.7 Å². The Bertz CT molecular complexity index is 1770. The number of benzene rings is 3. The molecular formula is C27H20ClN5O3. The number of halogens is 1. The van der Waals surface area contributed by atoms with Gasteiger partial charge in [-0.05, 0) is 43.3 Å². The first-order valence-corrected chi connectivity index (χ1v) is 11.4. The van der Waals surface area contributed by atoms with Gasteiger partial charge in [0.15, 0.2) is 11.4 Å². The average molecular weight is 498 g/mol. The second kappa shape index (κ2) is 9.30. The number of nitrogens with zero attached hydrogens (tertiary/aromatic N) is 5. The van der Waals surface area contributed by atoms with Gasteiger partial charge in [-0.3, -0.25) is 14.1 Å². The van der Waals surface area contributed by atoms with Crippen molar-refractivity contribution in [2.24, 2.45) is 4.99 Å². The minimum Gasteiger partial charge on any atom is -0.412 e. The Morgan fingerprint density at radius 2 is 1.83 bits per heavy atom. The first-order valence-electron chi connectivity index (χ1n) is 11.0. The Kier molecular flexibility index (Phi) is 6.02. The van der Waals surface area contributed by atoms with Crippen LogP contribution in [0.15, 0.2) is 80.9 Å². The van der Waals surface area contributed by atoms with Crippen LogP contribution in [0.1, 0.15) is 28.3 Å². The lowest BCUT2D eigenvalue weighted by Gasteiger charge is -2.14. The minimum atomic E-state index is -0.425. The summed E-state index contributed by atoms with van der Waals surface area (Å²) < 4.78 is 8.83. The maximum atomic E-state index is 12.3. The van der Waals surface area contributed by atoms with Gasteiger partial charge in [-0.1, -0.05) is 53.8 Å². The van der Waals surface area contributed by atoms with Crippen molar-refractivity contribution in [2.75, 3.05) is 0 Å². The highest BCUT2D eigenvalue weighted by Gasteiger charge is 2.23. The van der Waals surface area contributed by atoms with E-state index in [-0.39, 0.29) is 12.0 Å². The van der Waals surface area contributed by atoms with E-state index in [9.17, 15) is 4.79 Å². The largest absolute Gasteiger partial charge is 0.420 e. The lowest BCUT2D eigenvalue weighted by Crippen LogP contribution is -2.13. The second-order valence-corrected chi connectivity index (χ2v) is 8.51. The molecular weight excluding hydrogens is 478 g/mol. The molecule has 1 aliphatic heterocycles. The summed E-state index contributed by atoms with van der Waals surface area (Å²) in [5.74, 6) is 7.41. The fourth-order valence-electron chi connectivity index (χ4n) is 4.32. The van der Waals surface area contributed by atoms with Gasteiger partial charge in [0.25, 0.3) is 0 Å². The predicted octanol–water partition coefficient (Wildman–Crippen LogP) is 3.72. The number of oxazole rings is 1. The predicted molar refractivity (Wildman–Crippen MR) is 138 cm³/mol. The molecule has 0 radical (unpaired) electrons. The van der Waals surface area contributed by atoms with Gasteiger partial charge in [0.05, 0.1) is 23.5 Å². The molecule has 9 heteroatoms. The van der Waals surface area contributed by atoms with Crippen molar-refractivity contribution in [1.82, 2.24) is 19.3 Å². The Morgan fingerprint density at radius 3 is 2.69 bits per heavy atom. The highest BCUT2D eigenvalue weighted by molar-refractivity contribution is 6.35. The lowest BCUT2D eigenvalue weighted by molar-refractivity contribution is 0.521. The van der Waals surface area contributed by atoms with E-state index in [1.807, 2.05) is 72.2 Å². The van der Waals surface area contributed by atoms with Gasteiger partial charge in [-0.2, -0.15) is 0 Å². The van der Waals surface area contributed by atoms with Crippen molar-refractivity contribution in [3.8, 4) is 17.5 Å². The van der Waals surface area contributed by atoms with Crippen molar-refractivity contribution in [3.63, 3.8) is 0 Å². The zero-order chi connectivity index (χ0) is 23.9. The number of hydrogen-bond donors (Lipinski definition) is 0. The maximum Gasteiger partial charge on any atom is 0.420 e. The van der Waals surface area contributed by atoms with E-state index in [0.29, 0.717) is 17.2 Å². The molecule has 2 aromatic heterocycles. The Morgan fingerprint density at radius 1 is 1.03 bits per heavy atom. The standard InChI is InChI=1S/C27H18ClN5O2.H2O/c1-17-30-31-25-16-29-26(19-8-2-3-9-21(19)28)20-15-18(12-13-22(20)33(17)25)7-6-14-32-23-10-4-5-11-24(23)35-27(32)34;/h2-5,8-13,15H,14,16H2,1H3;1H2. The monoisotopic (exact) mass is 497 g/mol. The normalized spacial score (nSPS) is 12.0. The molecule has 178 valence electrons. The minimum absolute atomic E-state index is 0. The SMILES string of the molecule is Cc1nnc2n1-c1ccc(C#CCn3c(=O)oc4ccccc43)cc1C(c1ccccc1Cl)=NC2.O. The Balaban J connectivity index is 0.00000267. The summed E-state index contributed by atoms with van der Waals surface area (Å²) >= 11 is 6.55. The second-order valence-electron chi connectivity index (χ2n) is 8.10. The molecule has 0 spiro atoms. The van der Waals surface area contributed by atoms with Gasteiger partial charge in [-0.25, -0.2) is 4.79 Å². The number of hydrogen-bond acceptors (Lipinski definition) is 5. The summed E-state index contributed by atoms with van der Waals surface area (Å²) in [7, 11) is 0. The van der Waals surface area contributed by atoms with Crippen LogP contribution in [-0.2, 0) is 13.1 Å². The number of rotatable bonds is 2. The highest BCUT2D eigenvalue weighted by Crippen LogP contribution is 2.29. The summed E-state index contributed by atoms with van der Waals surface area (Å²) in [6.45, 7) is 2.52. The Labute approximate surface area is 210 Å². The lowest BCUT2D eigenvalue weighted by atomic mass is 9.98. The summed E-state index contributed by atoms with van der Waals surface area (Å²) in [5.41, 5.74) is 5.48. The molecule has 2 N–H and O–H groups in total. The highest BCUT2D eigenvalue weighted by atomic mass is 35.5. The van der Waals surface area contributed by atoms with Crippen LogP contribution in [0.4, 0.5) is 0 Å². The number of fused-ring (bicyclic) bond motifs is 4. The quantitative estimate of drug-likeness (QED) is 0.346. The molecule has 3 heterocycles. The fraction of sp³-hybridized carbons (Fsp3) is 0.111. The molecule has 5 aromatic rings. The number of aryl methyl sites for hydroxylation is 1. The van der Waals surface area contributed by atoms with Crippen LogP contribution in [0, 0.1) is 18.8 Å². The van der Waals surface area contributed by atoms with Crippen LogP contribution in [-0.4, -0.2) is 30.5 Å². The molecule has 0 unspecified atom stereocenters. The molecule has 8 nitrogen and oxygen atoms in total. The topological polar surface area (TPSA) is 110 Å². The molecule has 0 amide bonds. The third-order valence-electron chi connectivity index (χ3n) is 5.94. The molecule has 0 fully saturated rings. The molecule has 0 saturated heterocycles. The molecule has 36 heavy (non-hydrogen) atoms. The van der Waals surface area contributed by atoms with Gasteiger partial charge in [0.1, 0.15) is 12.4 Å². The van der Waals surface area contributed by atoms with E-state index in [4.69, 9.17) is 21.0 Å². The van der Waals surface area contributed by atoms with E-state index >= 15 is 0 Å². The third kappa shape index (κ3) is 3.90. The van der Waals surface area contributed by atoms with Crippen LogP contribution < -0.4 is 5.76 Å². The van der Waals surface area contributed by atoms with Crippen LogP contribution >= 0.6 is 11.6 Å². The van der Waals surface area contributed by atoms with Crippen molar-refractivity contribution >= 4 is 28.4 Å². The first-order chi connectivity index (χ1) is 17.1. The summed E-state index contributed by atoms with van der Waals surface area (Å²) in [6, 6.07) is 20.9. The fourth-order valence-corrected chi connectivity index (χ4v) is 4.55. The summed E-state index contributed by atoms with van der Waals surface area (Å²) in [4.78, 5) is 17.1. The maximum absolute atomic E-state index is 12.3. The first kappa shape index (κ1) is 23.3. The smallest absolute Gasteiger partial charge is 0.412 e. The number of para-hydroxylation sites is 2. The molecule has 0 saturated carbocycles. The zero-order valence-electron chi connectivity index (χ0n) is 19.2. The average Bonchev–Trinajstić information content (AvgIpc) is 3.33. The van der Waals surface area contributed by atoms with Crippen molar-refractivity contribution in [1.29, 1.82) is 0 Å². The van der Waals surface area contributed by atoms with Gasteiger partial charge >= 0.3 is 5.76 Å². The van der Waals surface area contributed by atoms with E-state index < -0.39 is 5.76 Å². The molecule has 0 bridgehead atoms. The van der Waals surface area contributed by atoms with E-state index in [1.165, 1.54) is 4.57 Å². The van der Waals surface area contributed by atoms with Gasteiger partial charge in [0.2, 0.25) is 0 Å². The van der Waals surface area contributed by atoms with Crippen molar-refractivity contribution < 1.29 is 9.89 Å². The number of aliphatic imine (C=N–C) groups is 1. The molecule has 1 aliphatic rings. The Hall–Kier alpha value is -4.45. The molecule has 0 aliphatic carbocycles. The van der Waals surface area contributed by atoms with Crippen LogP contribution in [0.25, 0.3) is 16.8 Å².